The lowest BCUT2D eigenvalue weighted by Gasteiger charge is -2.22. The molecule has 1 aliphatic carbocycles. The number of rotatable bonds is 11. The van der Waals surface area contributed by atoms with E-state index in [1.54, 1.807) is 51.1 Å². The van der Waals surface area contributed by atoms with Crippen LogP contribution in [0.1, 0.15) is 69.8 Å². The second-order valence-corrected chi connectivity index (χ2v) is 12.2. The van der Waals surface area contributed by atoms with Crippen LogP contribution in [-0.4, -0.2) is 49.8 Å². The maximum absolute atomic E-state index is 13.2. The zero-order chi connectivity index (χ0) is 29.5. The molecule has 0 spiro atoms. The van der Waals surface area contributed by atoms with Gasteiger partial charge in [0, 0.05) is 13.0 Å². The summed E-state index contributed by atoms with van der Waals surface area (Å²) in [7, 11) is -4.12. The minimum atomic E-state index is -4.12. The van der Waals surface area contributed by atoms with Crippen LogP contribution in [0, 0.1) is 0 Å². The number of carbonyl (C=O) groups is 3. The minimum Gasteiger partial charge on any atom is -0.508 e. The molecule has 3 rings (SSSR count). The Balaban J connectivity index is 1.69. The van der Waals surface area contributed by atoms with E-state index in [2.05, 4.69) is 15.4 Å². The summed E-state index contributed by atoms with van der Waals surface area (Å²) in [5, 5.41) is 14.7. The molecule has 0 radical (unpaired) electrons. The van der Waals surface area contributed by atoms with Crippen molar-refractivity contribution in [1.82, 2.24) is 15.4 Å². The molecular formula is C28H37N3O8S. The number of benzene rings is 2. The maximum atomic E-state index is 13.2. The van der Waals surface area contributed by atoms with Crippen molar-refractivity contribution in [3.8, 4) is 5.75 Å². The van der Waals surface area contributed by atoms with Gasteiger partial charge in [-0.3, -0.25) is 9.59 Å². The lowest BCUT2D eigenvalue weighted by atomic mass is 10.1. The van der Waals surface area contributed by atoms with E-state index in [4.69, 9.17) is 9.47 Å². The summed E-state index contributed by atoms with van der Waals surface area (Å²) in [5.41, 5.74) is 1.52. The Bertz CT molecular complexity index is 1340. The van der Waals surface area contributed by atoms with Crippen molar-refractivity contribution in [2.75, 3.05) is 6.54 Å². The average molecular weight is 576 g/mol. The highest BCUT2D eigenvalue weighted by Gasteiger charge is 2.30. The highest BCUT2D eigenvalue weighted by molar-refractivity contribution is 7.89. The fourth-order valence-corrected chi connectivity index (χ4v) is 5.81. The minimum absolute atomic E-state index is 0.0428. The first-order valence-electron chi connectivity index (χ1n) is 13.1. The van der Waals surface area contributed by atoms with E-state index in [9.17, 15) is 27.9 Å². The van der Waals surface area contributed by atoms with Gasteiger partial charge in [-0.05, 0) is 74.9 Å². The molecular weight excluding hydrogens is 538 g/mol. The Morgan fingerprint density at radius 2 is 1.85 bits per heavy atom. The molecule has 40 heavy (non-hydrogen) atoms. The number of hydrogen-bond donors (Lipinski definition) is 4. The van der Waals surface area contributed by atoms with E-state index in [-0.39, 0.29) is 23.6 Å². The van der Waals surface area contributed by atoms with Crippen LogP contribution in [0.3, 0.4) is 0 Å². The molecule has 0 bridgehead atoms. The van der Waals surface area contributed by atoms with Crippen molar-refractivity contribution in [3.05, 3.63) is 59.2 Å². The number of alkyl carbamates (subject to hydrolysis) is 1. The van der Waals surface area contributed by atoms with E-state index in [1.165, 1.54) is 12.1 Å². The van der Waals surface area contributed by atoms with Gasteiger partial charge in [0.1, 0.15) is 23.6 Å². The lowest BCUT2D eigenvalue weighted by molar-refractivity contribution is -0.150. The number of nitrogens with one attached hydrogen (secondary N) is 3. The standard InChI is InChI=1S/C28H37N3O8S/c1-5-18-8-6-7-9-23(18)40(36,37)31-24(30-25(33)14-15-29-27(35)39-28(2,3)4)17-26(34)38-22-13-10-19-16-20(32)11-12-21(19)22/h6-9,11-12,16,22,24,31-32H,5,10,13-15,17H2,1-4H3,(H,29,35)(H,30,33). The largest absolute Gasteiger partial charge is 0.508 e. The summed E-state index contributed by atoms with van der Waals surface area (Å²) in [6, 6.07) is 11.3. The van der Waals surface area contributed by atoms with Crippen LogP contribution >= 0.6 is 0 Å². The third-order valence-corrected chi connectivity index (χ3v) is 7.66. The molecule has 2 aromatic rings. The summed E-state index contributed by atoms with van der Waals surface area (Å²) in [6.45, 7) is 6.89. The maximum Gasteiger partial charge on any atom is 0.407 e. The summed E-state index contributed by atoms with van der Waals surface area (Å²) in [6.07, 6.45) is -1.60. The molecule has 4 N–H and O–H groups in total. The number of hydrogen-bond acceptors (Lipinski definition) is 8. The lowest BCUT2D eigenvalue weighted by Crippen LogP contribution is -2.49. The summed E-state index contributed by atoms with van der Waals surface area (Å²) in [4.78, 5) is 37.5. The highest BCUT2D eigenvalue weighted by Crippen LogP contribution is 2.36. The smallest absolute Gasteiger partial charge is 0.407 e. The van der Waals surface area contributed by atoms with E-state index in [0.717, 1.165) is 11.1 Å². The summed E-state index contributed by atoms with van der Waals surface area (Å²) >= 11 is 0. The van der Waals surface area contributed by atoms with Crippen LogP contribution in [0.5, 0.6) is 5.75 Å². The Morgan fingerprint density at radius 3 is 2.55 bits per heavy atom. The Hall–Kier alpha value is -3.64. The number of esters is 1. The van der Waals surface area contributed by atoms with Crippen molar-refractivity contribution in [1.29, 1.82) is 0 Å². The van der Waals surface area contributed by atoms with E-state index < -0.39 is 52.3 Å². The third kappa shape index (κ3) is 8.95. The van der Waals surface area contributed by atoms with Gasteiger partial charge in [0.25, 0.3) is 0 Å². The van der Waals surface area contributed by atoms with Gasteiger partial charge >= 0.3 is 12.1 Å². The molecule has 2 unspecified atom stereocenters. The first-order valence-corrected chi connectivity index (χ1v) is 14.6. The van der Waals surface area contributed by atoms with Gasteiger partial charge in [0.15, 0.2) is 0 Å². The van der Waals surface area contributed by atoms with Crippen LogP contribution in [0.25, 0.3) is 0 Å². The van der Waals surface area contributed by atoms with Crippen molar-refractivity contribution in [2.24, 2.45) is 0 Å². The molecule has 0 saturated carbocycles. The fourth-order valence-electron chi connectivity index (χ4n) is 4.35. The molecule has 0 fully saturated rings. The first kappa shape index (κ1) is 30.9. The van der Waals surface area contributed by atoms with Gasteiger partial charge < -0.3 is 25.2 Å². The number of amides is 2. The molecule has 11 nitrogen and oxygen atoms in total. The molecule has 1 aliphatic rings. The van der Waals surface area contributed by atoms with Crippen molar-refractivity contribution in [2.45, 2.75) is 82.6 Å². The Kier molecular flexibility index (Phi) is 10.2. The number of phenolic OH excluding ortho intramolecular Hbond substituents is 1. The number of aromatic hydroxyl groups is 1. The molecule has 0 heterocycles. The monoisotopic (exact) mass is 575 g/mol. The van der Waals surface area contributed by atoms with Crippen LogP contribution in [-0.2, 0) is 41.9 Å². The normalized spacial score (nSPS) is 15.6. The number of carbonyl (C=O) groups excluding carboxylic acids is 3. The van der Waals surface area contributed by atoms with Gasteiger partial charge in [0.2, 0.25) is 15.9 Å². The molecule has 2 atom stereocenters. The number of aryl methyl sites for hydroxylation is 2. The van der Waals surface area contributed by atoms with Gasteiger partial charge in [-0.15, -0.1) is 0 Å². The number of ether oxygens (including phenoxy) is 2. The topological polar surface area (TPSA) is 160 Å². The molecule has 0 aliphatic heterocycles. The third-order valence-electron chi connectivity index (χ3n) is 6.09. The predicted octanol–water partition coefficient (Wildman–Crippen LogP) is 3.21. The molecule has 2 aromatic carbocycles. The zero-order valence-electron chi connectivity index (χ0n) is 23.2. The van der Waals surface area contributed by atoms with E-state index in [1.807, 2.05) is 6.92 Å². The molecule has 218 valence electrons. The predicted molar refractivity (Wildman–Crippen MR) is 147 cm³/mol. The van der Waals surface area contributed by atoms with Crippen LogP contribution in [0.4, 0.5) is 4.79 Å². The van der Waals surface area contributed by atoms with Crippen molar-refractivity contribution < 1.29 is 37.4 Å². The van der Waals surface area contributed by atoms with Crippen LogP contribution in [0.2, 0.25) is 0 Å². The quantitative estimate of drug-likeness (QED) is 0.235. The van der Waals surface area contributed by atoms with Gasteiger partial charge in [-0.2, -0.15) is 4.72 Å². The van der Waals surface area contributed by atoms with Crippen molar-refractivity contribution >= 4 is 28.0 Å². The van der Waals surface area contributed by atoms with E-state index in [0.29, 0.717) is 24.8 Å². The van der Waals surface area contributed by atoms with Gasteiger partial charge in [-0.1, -0.05) is 31.2 Å². The second-order valence-electron chi connectivity index (χ2n) is 10.5. The number of phenols is 1. The van der Waals surface area contributed by atoms with Gasteiger partial charge in [-0.25, -0.2) is 13.2 Å². The number of fused-ring (bicyclic) bond motifs is 1. The zero-order valence-corrected chi connectivity index (χ0v) is 24.0. The van der Waals surface area contributed by atoms with E-state index >= 15 is 0 Å². The summed E-state index contributed by atoms with van der Waals surface area (Å²) in [5.74, 6) is -1.19. The highest BCUT2D eigenvalue weighted by atomic mass is 32.2. The van der Waals surface area contributed by atoms with Gasteiger partial charge in [0.05, 0.1) is 11.3 Å². The molecule has 0 aromatic heterocycles. The molecule has 12 heteroatoms. The fraction of sp³-hybridized carbons (Fsp3) is 0.464. The molecule has 0 saturated heterocycles. The average Bonchev–Trinajstić information content (AvgIpc) is 3.23. The first-order chi connectivity index (χ1) is 18.8. The SMILES string of the molecule is CCc1ccccc1S(=O)(=O)NC(CC(=O)OC1CCc2cc(O)ccc21)NC(=O)CCNC(=O)OC(C)(C)C. The molecule has 2 amide bonds. The summed E-state index contributed by atoms with van der Waals surface area (Å²) < 4.78 is 39.7. The second kappa shape index (κ2) is 13.1. The van der Waals surface area contributed by atoms with Crippen LogP contribution < -0.4 is 15.4 Å². The Labute approximate surface area is 234 Å². The van der Waals surface area contributed by atoms with Crippen LogP contribution in [0.15, 0.2) is 47.4 Å². The number of sulfonamides is 1. The van der Waals surface area contributed by atoms with Crippen molar-refractivity contribution in [3.63, 3.8) is 0 Å². The Morgan fingerprint density at radius 1 is 1.12 bits per heavy atom.